The zero-order chi connectivity index (χ0) is 16.6. The number of aliphatic hydroxyl groups excluding tert-OH is 1. The van der Waals surface area contributed by atoms with Crippen LogP contribution in [0.15, 0.2) is 24.4 Å². The van der Waals surface area contributed by atoms with E-state index in [-0.39, 0.29) is 5.04 Å². The molecule has 0 aromatic carbocycles. The predicted octanol–water partition coefficient (Wildman–Crippen LogP) is 4.93. The Labute approximate surface area is 140 Å². The van der Waals surface area contributed by atoms with E-state index in [0.717, 1.165) is 48.7 Å². The van der Waals surface area contributed by atoms with Gasteiger partial charge in [0.2, 0.25) is 0 Å². The van der Waals surface area contributed by atoms with E-state index in [0.29, 0.717) is 5.05 Å². The summed E-state index contributed by atoms with van der Waals surface area (Å²) in [5.41, 5.74) is 1.02. The monoisotopic (exact) mass is 341 g/mol. The summed E-state index contributed by atoms with van der Waals surface area (Å²) < 4.78 is 6.14. The molecule has 0 aliphatic carbocycles. The van der Waals surface area contributed by atoms with Crippen LogP contribution < -0.4 is 0 Å². The summed E-state index contributed by atoms with van der Waals surface area (Å²) in [6.07, 6.45) is 4.54. The Bertz CT molecular complexity index is 469. The highest BCUT2D eigenvalue weighted by atomic mass is 32.1. The molecule has 22 heavy (non-hydrogen) atoms. The highest BCUT2D eigenvalue weighted by Gasteiger charge is 2.36. The summed E-state index contributed by atoms with van der Waals surface area (Å²) in [6, 6.07) is 5.88. The van der Waals surface area contributed by atoms with Gasteiger partial charge in [0, 0.05) is 24.3 Å². The molecule has 126 valence electrons. The van der Waals surface area contributed by atoms with Crippen molar-refractivity contribution in [3.63, 3.8) is 0 Å². The average molecular weight is 342 g/mol. The van der Waals surface area contributed by atoms with Crippen molar-refractivity contribution in [1.82, 2.24) is 4.98 Å². The smallest absolute Gasteiger partial charge is 0.191 e. The van der Waals surface area contributed by atoms with Gasteiger partial charge in [-0.1, -0.05) is 26.8 Å². The number of aliphatic hydroxyl groups is 1. The van der Waals surface area contributed by atoms with Crippen molar-refractivity contribution in [2.24, 2.45) is 0 Å². The number of nitrogens with zero attached hydrogens (tertiary/aromatic N) is 1. The quantitative estimate of drug-likeness (QED) is 0.305. The van der Waals surface area contributed by atoms with E-state index < -0.39 is 8.32 Å². The Morgan fingerprint density at radius 3 is 2.59 bits per heavy atom. The van der Waals surface area contributed by atoms with Crippen LogP contribution in [0.1, 0.15) is 45.7 Å². The molecular formula is C17H31NO2SSi. The number of aromatic nitrogens is 1. The molecule has 0 atom stereocenters. The van der Waals surface area contributed by atoms with Gasteiger partial charge < -0.3 is 9.53 Å². The number of unbranched alkanes of at least 4 members (excludes halogenated alkanes) is 1. The first-order valence-corrected chi connectivity index (χ1v) is 12.0. The minimum atomic E-state index is -1.62. The first kappa shape index (κ1) is 19.6. The van der Waals surface area contributed by atoms with Crippen molar-refractivity contribution in [1.29, 1.82) is 0 Å². The number of rotatable bonds is 8. The van der Waals surface area contributed by atoms with Gasteiger partial charge in [-0.15, -0.1) is 0 Å². The van der Waals surface area contributed by atoms with E-state index in [1.807, 2.05) is 18.2 Å². The molecule has 1 heterocycles. The van der Waals surface area contributed by atoms with Crippen LogP contribution in [0.2, 0.25) is 18.1 Å². The summed E-state index contributed by atoms with van der Waals surface area (Å²) in [4.78, 5) is 4.26. The molecular weight excluding hydrogens is 310 g/mol. The molecule has 0 spiro atoms. The van der Waals surface area contributed by atoms with Gasteiger partial charge in [-0.2, -0.15) is 11.4 Å². The summed E-state index contributed by atoms with van der Waals surface area (Å²) in [7, 11) is -1.62. The number of hydrogen-bond donors (Lipinski definition) is 2. The van der Waals surface area contributed by atoms with Crippen molar-refractivity contribution in [2.75, 3.05) is 6.61 Å². The molecule has 0 saturated carbocycles. The van der Waals surface area contributed by atoms with Crippen LogP contribution in [0.3, 0.4) is 0 Å². The molecule has 0 saturated heterocycles. The van der Waals surface area contributed by atoms with Crippen LogP contribution in [0.25, 0.3) is 0 Å². The maximum atomic E-state index is 9.94. The van der Waals surface area contributed by atoms with Crippen molar-refractivity contribution < 1.29 is 9.53 Å². The van der Waals surface area contributed by atoms with Crippen LogP contribution in [0, 0.1) is 0 Å². The van der Waals surface area contributed by atoms with E-state index in [1.165, 1.54) is 0 Å². The highest BCUT2D eigenvalue weighted by molar-refractivity contribution is 7.97. The second-order valence-electron chi connectivity index (χ2n) is 7.12. The molecule has 0 radical (unpaired) electrons. The Kier molecular flexibility index (Phi) is 7.97. The third-order valence-corrected chi connectivity index (χ3v) is 9.82. The fourth-order valence-electron chi connectivity index (χ4n) is 1.67. The first-order valence-electron chi connectivity index (χ1n) is 7.98. The second-order valence-corrected chi connectivity index (χ2v) is 13.1. The predicted molar refractivity (Wildman–Crippen MR) is 102 cm³/mol. The van der Waals surface area contributed by atoms with E-state index >= 15 is 0 Å². The molecule has 0 unspecified atom stereocenters. The van der Waals surface area contributed by atoms with Crippen LogP contribution in [0.5, 0.6) is 0 Å². The Morgan fingerprint density at radius 1 is 1.27 bits per heavy atom. The molecule has 0 bridgehead atoms. The van der Waals surface area contributed by atoms with E-state index in [1.54, 1.807) is 6.20 Å². The van der Waals surface area contributed by atoms with Gasteiger partial charge in [0.1, 0.15) is 0 Å². The molecule has 3 nitrogen and oxygen atoms in total. The van der Waals surface area contributed by atoms with Gasteiger partial charge in [0.15, 0.2) is 8.32 Å². The van der Waals surface area contributed by atoms with Gasteiger partial charge in [-0.05, 0) is 49.5 Å². The first-order chi connectivity index (χ1) is 10.2. The average Bonchev–Trinajstić information content (AvgIpc) is 2.44. The van der Waals surface area contributed by atoms with Crippen molar-refractivity contribution in [3.05, 3.63) is 30.1 Å². The molecule has 1 aromatic heterocycles. The van der Waals surface area contributed by atoms with Crippen molar-refractivity contribution in [3.8, 4) is 0 Å². The molecule has 0 amide bonds. The fourth-order valence-corrected chi connectivity index (χ4v) is 3.61. The topological polar surface area (TPSA) is 42.4 Å². The molecule has 5 heteroatoms. The zero-order valence-electron chi connectivity index (χ0n) is 14.6. The molecule has 1 rings (SSSR count). The Morgan fingerprint density at radius 2 is 2.00 bits per heavy atom. The zero-order valence-corrected chi connectivity index (χ0v) is 16.5. The molecule has 0 aliphatic heterocycles. The van der Waals surface area contributed by atoms with Crippen LogP contribution >= 0.6 is 11.4 Å². The largest absolute Gasteiger partial charge is 0.417 e. The van der Waals surface area contributed by atoms with Crippen LogP contribution in [-0.4, -0.2) is 30.1 Å². The fraction of sp³-hybridized carbons (Fsp3) is 0.647. The Balaban J connectivity index is 2.22. The Hall–Kier alpha value is -0.493. The normalized spacial score (nSPS) is 13.8. The third-order valence-electron chi connectivity index (χ3n) is 4.21. The van der Waals surface area contributed by atoms with E-state index in [4.69, 9.17) is 4.43 Å². The number of thiol groups is 1. The minimum Gasteiger partial charge on any atom is -0.417 e. The summed E-state index contributed by atoms with van der Waals surface area (Å²) >= 11 is 0.964. The van der Waals surface area contributed by atoms with Gasteiger partial charge in [0.05, 0.1) is 5.05 Å². The van der Waals surface area contributed by atoms with Gasteiger partial charge in [0.25, 0.3) is 0 Å². The lowest BCUT2D eigenvalue weighted by atomic mass is 10.2. The lowest BCUT2D eigenvalue weighted by molar-refractivity contribution is 0.279. The number of pyridine rings is 1. The van der Waals surface area contributed by atoms with Gasteiger partial charge in [-0.25, -0.2) is 0 Å². The van der Waals surface area contributed by atoms with E-state index in [2.05, 4.69) is 38.8 Å². The summed E-state index contributed by atoms with van der Waals surface area (Å²) in [6.45, 7) is 12.1. The lowest BCUT2D eigenvalue weighted by Gasteiger charge is -2.36. The molecule has 1 N–H and O–H groups in total. The van der Waals surface area contributed by atoms with Crippen molar-refractivity contribution >= 4 is 24.7 Å². The standard InChI is InChI=1S/C17H31NO2SSi/c1-17(2,3)22(4,5)20-13-9-7-11-16(19)21-14-15-10-6-8-12-18-15/h6,8,10,12,19,21H,7,9,11,13-14H2,1-5H3. The van der Waals surface area contributed by atoms with Crippen molar-refractivity contribution in [2.45, 2.75) is 63.9 Å². The SMILES string of the molecule is CC(C)(C)[Si](C)(C)OCCCCC(O)=[SH]Cc1ccccn1. The maximum Gasteiger partial charge on any atom is 0.191 e. The van der Waals surface area contributed by atoms with Crippen LogP contribution in [-0.2, 0) is 10.2 Å². The summed E-state index contributed by atoms with van der Waals surface area (Å²) in [5, 5.41) is 10.8. The van der Waals surface area contributed by atoms with E-state index in [9.17, 15) is 5.11 Å². The highest BCUT2D eigenvalue weighted by Crippen LogP contribution is 2.36. The molecule has 0 fully saturated rings. The number of hydrogen-bond acceptors (Lipinski definition) is 2. The maximum absolute atomic E-state index is 9.94. The molecule has 1 aromatic rings. The van der Waals surface area contributed by atoms with Crippen LogP contribution in [0.4, 0.5) is 0 Å². The third kappa shape index (κ3) is 7.18. The van der Waals surface area contributed by atoms with Gasteiger partial charge in [-0.3, -0.25) is 4.98 Å². The van der Waals surface area contributed by atoms with Gasteiger partial charge >= 0.3 is 0 Å². The summed E-state index contributed by atoms with van der Waals surface area (Å²) in [5.74, 6) is 0.785. The lowest BCUT2D eigenvalue weighted by Crippen LogP contribution is -2.40. The molecule has 0 aliphatic rings. The second kappa shape index (κ2) is 8.96. The minimum absolute atomic E-state index is 0.266.